The van der Waals surface area contributed by atoms with Crippen molar-refractivity contribution in [1.82, 2.24) is 0 Å². The maximum absolute atomic E-state index is 11.8. The van der Waals surface area contributed by atoms with Gasteiger partial charge in [0.2, 0.25) is 0 Å². The Hall–Kier alpha value is -1.19. The van der Waals surface area contributed by atoms with Gasteiger partial charge in [-0.1, -0.05) is 6.08 Å². The van der Waals surface area contributed by atoms with Gasteiger partial charge in [-0.3, -0.25) is 0 Å². The summed E-state index contributed by atoms with van der Waals surface area (Å²) in [5.41, 5.74) is -0.0183. The molecule has 0 saturated heterocycles. The van der Waals surface area contributed by atoms with E-state index in [1.54, 1.807) is 0 Å². The maximum atomic E-state index is 11.8. The molecule has 0 spiro atoms. The number of carboxylic acids is 1. The van der Waals surface area contributed by atoms with Crippen molar-refractivity contribution in [2.24, 2.45) is 0 Å². The number of aliphatic carboxylic acids is 1. The summed E-state index contributed by atoms with van der Waals surface area (Å²) in [5.74, 6) is -1.11. The van der Waals surface area contributed by atoms with Crippen LogP contribution in [0.25, 0.3) is 0 Å². The Balaban J connectivity index is 2.71. The molecule has 0 saturated carbocycles. The first-order chi connectivity index (χ1) is 5.11. The number of halogens is 2. The molecule has 0 unspecified atom stereocenters. The summed E-state index contributed by atoms with van der Waals surface area (Å²) in [6.07, 6.45) is -0.476. The van der Waals surface area contributed by atoms with Crippen LogP contribution in [0.1, 0.15) is 12.8 Å². The Labute approximate surface area is 61.8 Å². The number of carbonyl (C=O) groups is 1. The number of allylic oxidation sites excluding steroid dienone is 2. The highest BCUT2D eigenvalue weighted by Gasteiger charge is 2.19. The molecule has 0 aromatic rings. The highest BCUT2D eigenvalue weighted by molar-refractivity contribution is 5.88. The van der Waals surface area contributed by atoms with Gasteiger partial charge in [0.15, 0.2) is 0 Å². The van der Waals surface area contributed by atoms with Crippen LogP contribution in [-0.4, -0.2) is 11.1 Å². The lowest BCUT2D eigenvalue weighted by Crippen LogP contribution is -1.96. The van der Waals surface area contributed by atoms with Crippen molar-refractivity contribution in [3.8, 4) is 0 Å². The SMILES string of the molecule is O=C(O)C1=CCC(=C(F)F)C1. The molecule has 0 fully saturated rings. The second kappa shape index (κ2) is 2.82. The molecule has 0 aromatic carbocycles. The van der Waals surface area contributed by atoms with E-state index in [2.05, 4.69) is 0 Å². The molecule has 0 bridgehead atoms. The van der Waals surface area contributed by atoms with E-state index in [9.17, 15) is 13.6 Å². The summed E-state index contributed by atoms with van der Waals surface area (Å²) in [5, 5.41) is 8.38. The molecule has 4 heteroatoms. The molecule has 0 aliphatic heterocycles. The van der Waals surface area contributed by atoms with Crippen molar-refractivity contribution < 1.29 is 18.7 Å². The van der Waals surface area contributed by atoms with Gasteiger partial charge in [-0.2, -0.15) is 8.78 Å². The Bertz CT molecular complexity index is 249. The van der Waals surface area contributed by atoms with Crippen molar-refractivity contribution in [1.29, 1.82) is 0 Å². The fraction of sp³-hybridized carbons (Fsp3) is 0.286. The van der Waals surface area contributed by atoms with Crippen molar-refractivity contribution in [2.75, 3.05) is 0 Å². The van der Waals surface area contributed by atoms with Crippen LogP contribution in [-0.2, 0) is 4.79 Å². The molecule has 0 amide bonds. The minimum atomic E-state index is -1.75. The van der Waals surface area contributed by atoms with Crippen molar-refractivity contribution in [3.05, 3.63) is 23.3 Å². The average Bonchev–Trinajstić information content (AvgIpc) is 2.33. The summed E-state index contributed by atoms with van der Waals surface area (Å²) in [6, 6.07) is 0. The van der Waals surface area contributed by atoms with Crippen LogP contribution in [0.4, 0.5) is 8.78 Å². The monoisotopic (exact) mass is 160 g/mol. The zero-order valence-corrected chi connectivity index (χ0v) is 5.60. The molecule has 0 heterocycles. The van der Waals surface area contributed by atoms with Gasteiger partial charge in [-0.15, -0.1) is 0 Å². The molecule has 0 aromatic heterocycles. The third kappa shape index (κ3) is 1.63. The van der Waals surface area contributed by atoms with E-state index in [1.165, 1.54) is 6.08 Å². The molecule has 1 aliphatic carbocycles. The van der Waals surface area contributed by atoms with Gasteiger partial charge in [0.05, 0.1) is 0 Å². The van der Waals surface area contributed by atoms with E-state index < -0.39 is 12.0 Å². The summed E-state index contributed by atoms with van der Waals surface area (Å²) >= 11 is 0. The molecular formula is C7H6F2O2. The Morgan fingerprint density at radius 2 is 2.18 bits per heavy atom. The lowest BCUT2D eigenvalue weighted by molar-refractivity contribution is -0.132. The largest absolute Gasteiger partial charge is 0.478 e. The van der Waals surface area contributed by atoms with Crippen molar-refractivity contribution in [2.45, 2.75) is 12.8 Å². The molecule has 2 nitrogen and oxygen atoms in total. The first-order valence-corrected chi connectivity index (χ1v) is 3.06. The van der Waals surface area contributed by atoms with E-state index in [0.29, 0.717) is 0 Å². The maximum Gasteiger partial charge on any atom is 0.331 e. The highest BCUT2D eigenvalue weighted by atomic mass is 19.3. The number of hydrogen-bond acceptors (Lipinski definition) is 1. The number of rotatable bonds is 1. The molecular weight excluding hydrogens is 154 g/mol. The van der Waals surface area contributed by atoms with Gasteiger partial charge < -0.3 is 5.11 Å². The van der Waals surface area contributed by atoms with E-state index in [4.69, 9.17) is 5.11 Å². The Morgan fingerprint density at radius 3 is 2.45 bits per heavy atom. The highest BCUT2D eigenvalue weighted by Crippen LogP contribution is 2.27. The minimum absolute atomic E-state index is 0.0628. The first-order valence-electron chi connectivity index (χ1n) is 3.06. The van der Waals surface area contributed by atoms with E-state index in [0.717, 1.165) is 0 Å². The zero-order chi connectivity index (χ0) is 8.43. The van der Waals surface area contributed by atoms with Crippen LogP contribution in [0.5, 0.6) is 0 Å². The molecule has 1 N–H and O–H groups in total. The van der Waals surface area contributed by atoms with Crippen LogP contribution in [0.2, 0.25) is 0 Å². The van der Waals surface area contributed by atoms with Crippen LogP contribution in [0.15, 0.2) is 23.3 Å². The predicted molar refractivity (Wildman–Crippen MR) is 34.2 cm³/mol. The molecule has 1 aliphatic rings. The smallest absolute Gasteiger partial charge is 0.331 e. The van der Waals surface area contributed by atoms with Crippen LogP contribution < -0.4 is 0 Å². The summed E-state index contributed by atoms with van der Waals surface area (Å²) in [6.45, 7) is 0. The van der Waals surface area contributed by atoms with Gasteiger partial charge in [-0.25, -0.2) is 4.79 Å². The fourth-order valence-corrected chi connectivity index (χ4v) is 0.928. The predicted octanol–water partition coefficient (Wildman–Crippen LogP) is 1.94. The normalized spacial score (nSPS) is 16.5. The van der Waals surface area contributed by atoms with Crippen LogP contribution >= 0.6 is 0 Å². The number of carboxylic acid groups (broad SMARTS) is 1. The van der Waals surface area contributed by atoms with Crippen molar-refractivity contribution in [3.63, 3.8) is 0 Å². The Morgan fingerprint density at radius 1 is 1.55 bits per heavy atom. The van der Waals surface area contributed by atoms with Gasteiger partial charge in [0.25, 0.3) is 6.08 Å². The average molecular weight is 160 g/mol. The quantitative estimate of drug-likeness (QED) is 0.636. The van der Waals surface area contributed by atoms with Gasteiger partial charge >= 0.3 is 5.97 Å². The lowest BCUT2D eigenvalue weighted by Gasteiger charge is -1.92. The van der Waals surface area contributed by atoms with Gasteiger partial charge in [0.1, 0.15) is 0 Å². The minimum Gasteiger partial charge on any atom is -0.478 e. The molecule has 0 radical (unpaired) electrons. The summed E-state index contributed by atoms with van der Waals surface area (Å²) in [7, 11) is 0. The third-order valence-corrected chi connectivity index (χ3v) is 1.54. The second-order valence-corrected chi connectivity index (χ2v) is 2.28. The van der Waals surface area contributed by atoms with E-state index >= 15 is 0 Å². The zero-order valence-electron chi connectivity index (χ0n) is 5.60. The topological polar surface area (TPSA) is 37.3 Å². The summed E-state index contributed by atoms with van der Waals surface area (Å²) in [4.78, 5) is 10.2. The standard InChI is InChI=1S/C7H6F2O2/c8-6(9)4-1-2-5(3-4)7(10)11/h2H,1,3H2,(H,10,11). The molecule has 0 atom stereocenters. The molecule has 11 heavy (non-hydrogen) atoms. The van der Waals surface area contributed by atoms with Gasteiger partial charge in [-0.05, 0) is 6.42 Å². The van der Waals surface area contributed by atoms with Crippen molar-refractivity contribution >= 4 is 5.97 Å². The van der Waals surface area contributed by atoms with Crippen LogP contribution in [0.3, 0.4) is 0 Å². The second-order valence-electron chi connectivity index (χ2n) is 2.28. The van der Waals surface area contributed by atoms with E-state index in [1.807, 2.05) is 0 Å². The van der Waals surface area contributed by atoms with Gasteiger partial charge in [0, 0.05) is 17.6 Å². The summed E-state index contributed by atoms with van der Waals surface area (Å²) < 4.78 is 23.7. The van der Waals surface area contributed by atoms with Crippen LogP contribution in [0, 0.1) is 0 Å². The first kappa shape index (κ1) is 7.91. The molecule has 60 valence electrons. The third-order valence-electron chi connectivity index (χ3n) is 1.54. The molecule has 1 rings (SSSR count). The fourth-order valence-electron chi connectivity index (χ4n) is 0.928. The lowest BCUT2D eigenvalue weighted by atomic mass is 10.2. The number of hydrogen-bond donors (Lipinski definition) is 1. The Kier molecular flexibility index (Phi) is 2.03. The van der Waals surface area contributed by atoms with E-state index in [-0.39, 0.29) is 24.0 Å².